The minimum Gasteiger partial charge on any atom is -0.507 e. The lowest BCUT2D eigenvalue weighted by atomic mass is 10.1. The third-order valence-corrected chi connectivity index (χ3v) is 2.39. The lowest BCUT2D eigenvalue weighted by Gasteiger charge is -2.07. The Morgan fingerprint density at radius 1 is 1.47 bits per heavy atom. The summed E-state index contributed by atoms with van der Waals surface area (Å²) in [4.78, 5) is 11.3. The zero-order valence-corrected chi connectivity index (χ0v) is 9.40. The molecule has 5 heteroatoms. The van der Waals surface area contributed by atoms with E-state index in [1.807, 2.05) is 0 Å². The van der Waals surface area contributed by atoms with Crippen LogP contribution in [0.25, 0.3) is 11.3 Å². The van der Waals surface area contributed by atoms with Gasteiger partial charge in [-0.15, -0.1) is 0 Å². The second kappa shape index (κ2) is 4.69. The Bertz CT molecular complexity index is 521. The van der Waals surface area contributed by atoms with Gasteiger partial charge in [-0.25, -0.2) is 0 Å². The van der Waals surface area contributed by atoms with E-state index in [0.29, 0.717) is 23.4 Å². The number of phenols is 1. The number of H-pyrrole nitrogens is 1. The fraction of sp³-hybridized carbons (Fsp3) is 0.167. The first-order chi connectivity index (χ1) is 8.20. The van der Waals surface area contributed by atoms with Crippen molar-refractivity contribution in [3.8, 4) is 17.0 Å². The molecule has 1 heterocycles. The number of rotatable bonds is 3. The molecule has 0 saturated carbocycles. The summed E-state index contributed by atoms with van der Waals surface area (Å²) >= 11 is 0. The lowest BCUT2D eigenvalue weighted by molar-refractivity contribution is -0.115. The van der Waals surface area contributed by atoms with Crippen molar-refractivity contribution in [1.29, 1.82) is 0 Å². The van der Waals surface area contributed by atoms with Gasteiger partial charge in [-0.1, -0.05) is 6.92 Å². The highest BCUT2D eigenvalue weighted by Gasteiger charge is 2.07. The molecule has 0 radical (unpaired) electrons. The molecule has 0 bridgehead atoms. The van der Waals surface area contributed by atoms with Crippen LogP contribution < -0.4 is 5.32 Å². The molecule has 1 amide bonds. The van der Waals surface area contributed by atoms with E-state index < -0.39 is 0 Å². The Labute approximate surface area is 98.5 Å². The largest absolute Gasteiger partial charge is 0.507 e. The quantitative estimate of drug-likeness (QED) is 0.708. The number of nitrogens with one attached hydrogen (secondary N) is 2. The fourth-order valence-electron chi connectivity index (χ4n) is 1.48. The number of anilines is 1. The molecule has 5 nitrogen and oxygen atoms in total. The van der Waals surface area contributed by atoms with Crippen LogP contribution in [0.2, 0.25) is 0 Å². The molecule has 0 atom stereocenters. The van der Waals surface area contributed by atoms with E-state index in [9.17, 15) is 9.90 Å². The van der Waals surface area contributed by atoms with Gasteiger partial charge in [0.15, 0.2) is 0 Å². The molecule has 17 heavy (non-hydrogen) atoms. The number of carbonyl (C=O) groups is 1. The van der Waals surface area contributed by atoms with Gasteiger partial charge in [0.1, 0.15) is 5.75 Å². The zero-order chi connectivity index (χ0) is 12.3. The smallest absolute Gasteiger partial charge is 0.224 e. The monoisotopic (exact) mass is 231 g/mol. The number of benzene rings is 1. The number of carbonyl (C=O) groups excluding carboxylic acids is 1. The first kappa shape index (κ1) is 11.2. The molecule has 0 unspecified atom stereocenters. The van der Waals surface area contributed by atoms with Crippen molar-refractivity contribution in [2.45, 2.75) is 13.3 Å². The average molecular weight is 231 g/mol. The van der Waals surface area contributed by atoms with Gasteiger partial charge in [-0.3, -0.25) is 9.89 Å². The molecule has 1 aromatic carbocycles. The molecule has 0 aliphatic carbocycles. The molecule has 2 rings (SSSR count). The van der Waals surface area contributed by atoms with Crippen LogP contribution in [-0.4, -0.2) is 21.2 Å². The molecule has 3 N–H and O–H groups in total. The second-order valence-corrected chi connectivity index (χ2v) is 3.60. The van der Waals surface area contributed by atoms with Crippen LogP contribution in [0.15, 0.2) is 30.5 Å². The first-order valence-electron chi connectivity index (χ1n) is 5.33. The van der Waals surface area contributed by atoms with E-state index in [1.54, 1.807) is 37.4 Å². The average Bonchev–Trinajstić information content (AvgIpc) is 2.85. The molecule has 0 aliphatic heterocycles. The van der Waals surface area contributed by atoms with Crippen molar-refractivity contribution in [1.82, 2.24) is 10.2 Å². The minimum absolute atomic E-state index is 0.0637. The Kier molecular flexibility index (Phi) is 3.09. The van der Waals surface area contributed by atoms with Crippen LogP contribution in [-0.2, 0) is 4.79 Å². The summed E-state index contributed by atoms with van der Waals surface area (Å²) in [6, 6.07) is 6.65. The number of amides is 1. The Morgan fingerprint density at radius 2 is 2.29 bits per heavy atom. The summed E-state index contributed by atoms with van der Waals surface area (Å²) in [6.45, 7) is 1.78. The van der Waals surface area contributed by atoms with Crippen LogP contribution in [0.1, 0.15) is 13.3 Å². The highest BCUT2D eigenvalue weighted by atomic mass is 16.3. The Hall–Kier alpha value is -2.30. The maximum atomic E-state index is 11.3. The summed E-state index contributed by atoms with van der Waals surface area (Å²) < 4.78 is 0. The molecule has 1 aromatic heterocycles. The third kappa shape index (κ3) is 2.44. The minimum atomic E-state index is -0.0637. The van der Waals surface area contributed by atoms with Gasteiger partial charge in [-0.2, -0.15) is 5.10 Å². The molecular formula is C12H13N3O2. The third-order valence-electron chi connectivity index (χ3n) is 2.39. The van der Waals surface area contributed by atoms with Crippen molar-refractivity contribution in [2.24, 2.45) is 0 Å². The normalized spacial score (nSPS) is 10.2. The van der Waals surface area contributed by atoms with Crippen molar-refractivity contribution in [3.05, 3.63) is 30.5 Å². The summed E-state index contributed by atoms with van der Waals surface area (Å²) in [5, 5.41) is 19.1. The summed E-state index contributed by atoms with van der Waals surface area (Å²) in [5.74, 6) is 0.0787. The molecule has 2 aromatic rings. The number of hydrogen-bond acceptors (Lipinski definition) is 3. The molecule has 0 aliphatic rings. The van der Waals surface area contributed by atoms with Gasteiger partial charge in [0, 0.05) is 23.9 Å². The number of phenolic OH excluding ortho intramolecular Hbond substituents is 1. The van der Waals surface area contributed by atoms with E-state index in [2.05, 4.69) is 15.5 Å². The van der Waals surface area contributed by atoms with E-state index in [1.165, 1.54) is 0 Å². The van der Waals surface area contributed by atoms with Crippen LogP contribution >= 0.6 is 0 Å². The van der Waals surface area contributed by atoms with E-state index in [-0.39, 0.29) is 11.7 Å². The number of aromatic amines is 1. The predicted octanol–water partition coefficient (Wildman–Crippen LogP) is 2.13. The second-order valence-electron chi connectivity index (χ2n) is 3.60. The number of nitrogens with zero attached hydrogens (tertiary/aromatic N) is 1. The maximum absolute atomic E-state index is 11.3. The fourth-order valence-corrected chi connectivity index (χ4v) is 1.48. The van der Waals surface area contributed by atoms with Gasteiger partial charge in [0.2, 0.25) is 5.91 Å². The van der Waals surface area contributed by atoms with E-state index in [0.717, 1.165) is 0 Å². The molecule has 0 saturated heterocycles. The predicted molar refractivity (Wildman–Crippen MR) is 64.6 cm³/mol. The van der Waals surface area contributed by atoms with Gasteiger partial charge < -0.3 is 10.4 Å². The van der Waals surface area contributed by atoms with Gasteiger partial charge in [0.05, 0.1) is 5.69 Å². The SMILES string of the molecule is CCC(=O)Nc1ccc(O)c(-c2ccn[nH]2)c1. The van der Waals surface area contributed by atoms with Crippen LogP contribution in [0.5, 0.6) is 5.75 Å². The lowest BCUT2D eigenvalue weighted by Crippen LogP contribution is -2.09. The van der Waals surface area contributed by atoms with Crippen LogP contribution in [0.3, 0.4) is 0 Å². The van der Waals surface area contributed by atoms with Crippen LogP contribution in [0.4, 0.5) is 5.69 Å². The highest BCUT2D eigenvalue weighted by molar-refractivity contribution is 5.91. The maximum Gasteiger partial charge on any atom is 0.224 e. The Morgan fingerprint density at radius 3 is 2.94 bits per heavy atom. The highest BCUT2D eigenvalue weighted by Crippen LogP contribution is 2.30. The zero-order valence-electron chi connectivity index (χ0n) is 9.40. The summed E-state index contributed by atoms with van der Waals surface area (Å²) in [6.07, 6.45) is 2.02. The van der Waals surface area contributed by atoms with Crippen molar-refractivity contribution < 1.29 is 9.90 Å². The van der Waals surface area contributed by atoms with Crippen molar-refractivity contribution >= 4 is 11.6 Å². The van der Waals surface area contributed by atoms with Crippen molar-refractivity contribution in [2.75, 3.05) is 5.32 Å². The molecule has 0 fully saturated rings. The van der Waals surface area contributed by atoms with E-state index >= 15 is 0 Å². The standard InChI is InChI=1S/C12H13N3O2/c1-2-12(17)14-8-3-4-11(16)9(7-8)10-5-6-13-15-10/h3-7,16H,2H2,1H3,(H,13,15)(H,14,17). The van der Waals surface area contributed by atoms with Crippen LogP contribution in [0, 0.1) is 0 Å². The molecule has 88 valence electrons. The first-order valence-corrected chi connectivity index (χ1v) is 5.33. The van der Waals surface area contributed by atoms with E-state index in [4.69, 9.17) is 0 Å². The number of hydrogen-bond donors (Lipinski definition) is 3. The van der Waals surface area contributed by atoms with Gasteiger partial charge in [0.25, 0.3) is 0 Å². The number of aromatic hydroxyl groups is 1. The number of aromatic nitrogens is 2. The van der Waals surface area contributed by atoms with Crippen molar-refractivity contribution in [3.63, 3.8) is 0 Å². The summed E-state index contributed by atoms with van der Waals surface area (Å²) in [7, 11) is 0. The Balaban J connectivity index is 2.33. The summed E-state index contributed by atoms with van der Waals surface area (Å²) in [5.41, 5.74) is 1.96. The molecular weight excluding hydrogens is 218 g/mol. The van der Waals surface area contributed by atoms with Gasteiger partial charge >= 0.3 is 0 Å². The van der Waals surface area contributed by atoms with Gasteiger partial charge in [-0.05, 0) is 24.3 Å². The topological polar surface area (TPSA) is 78.0 Å². The molecule has 0 spiro atoms.